The van der Waals surface area contributed by atoms with E-state index in [-0.39, 0.29) is 12.0 Å². The average molecular weight is 335 g/mol. The van der Waals surface area contributed by atoms with Crippen LogP contribution in [0.3, 0.4) is 0 Å². The molecule has 1 saturated heterocycles. The number of hydrogen-bond acceptors (Lipinski definition) is 3. The lowest BCUT2D eigenvalue weighted by atomic mass is 9.88. The molecule has 23 heavy (non-hydrogen) atoms. The first kappa shape index (κ1) is 19.1. The van der Waals surface area contributed by atoms with Gasteiger partial charge in [0.2, 0.25) is 0 Å². The first-order valence-corrected chi connectivity index (χ1v) is 7.17. The molecule has 0 aromatic carbocycles. The molecule has 9 heteroatoms. The molecule has 0 saturated carbocycles. The van der Waals surface area contributed by atoms with Gasteiger partial charge in [-0.25, -0.2) is 4.79 Å². The van der Waals surface area contributed by atoms with E-state index in [0.29, 0.717) is 12.8 Å². The van der Waals surface area contributed by atoms with E-state index in [9.17, 15) is 22.8 Å². The van der Waals surface area contributed by atoms with Crippen molar-refractivity contribution in [3.05, 3.63) is 0 Å². The number of alkyl halides is 3. The Kier molecular flexibility index (Phi) is 5.86. The molecule has 1 fully saturated rings. The SMILES string of the molecule is CC(C)(CCC#N)CNC(=O)N1C[C@@H](C(F)(F)F)[C@H](C(=O)O)C1. The minimum absolute atomic E-state index is 0.193. The van der Waals surface area contributed by atoms with Gasteiger partial charge in [-0.1, -0.05) is 13.8 Å². The van der Waals surface area contributed by atoms with Crippen molar-refractivity contribution in [2.45, 2.75) is 32.9 Å². The summed E-state index contributed by atoms with van der Waals surface area (Å²) in [5.41, 5.74) is -0.374. The van der Waals surface area contributed by atoms with E-state index in [2.05, 4.69) is 5.32 Å². The number of hydrogen-bond donors (Lipinski definition) is 2. The summed E-state index contributed by atoms with van der Waals surface area (Å²) in [7, 11) is 0. The molecule has 0 radical (unpaired) electrons. The number of urea groups is 1. The summed E-state index contributed by atoms with van der Waals surface area (Å²) < 4.78 is 38.6. The average Bonchev–Trinajstić information content (AvgIpc) is 2.88. The number of likely N-dealkylation sites (tertiary alicyclic amines) is 1. The molecular weight excluding hydrogens is 315 g/mol. The zero-order valence-electron chi connectivity index (χ0n) is 13.0. The number of halogens is 3. The summed E-state index contributed by atoms with van der Waals surface area (Å²) in [6.07, 6.45) is -3.82. The number of nitriles is 1. The largest absolute Gasteiger partial charge is 0.481 e. The van der Waals surface area contributed by atoms with Crippen LogP contribution in [-0.4, -0.2) is 47.8 Å². The highest BCUT2D eigenvalue weighted by Crippen LogP contribution is 2.37. The molecule has 130 valence electrons. The normalized spacial score (nSPS) is 21.8. The van der Waals surface area contributed by atoms with Gasteiger partial charge in [0.05, 0.1) is 17.9 Å². The van der Waals surface area contributed by atoms with Crippen molar-refractivity contribution in [3.8, 4) is 6.07 Å². The van der Waals surface area contributed by atoms with E-state index in [1.807, 2.05) is 19.9 Å². The third-order valence-corrected chi connectivity index (χ3v) is 3.98. The van der Waals surface area contributed by atoms with Crippen LogP contribution in [0.2, 0.25) is 0 Å². The minimum Gasteiger partial charge on any atom is -0.481 e. The molecule has 0 aliphatic carbocycles. The molecular formula is C14H20F3N3O3. The molecule has 1 rings (SSSR count). The molecule has 0 unspecified atom stereocenters. The highest BCUT2D eigenvalue weighted by atomic mass is 19.4. The number of rotatable bonds is 5. The number of nitrogens with zero attached hydrogens (tertiary/aromatic N) is 2. The lowest BCUT2D eigenvalue weighted by molar-refractivity contribution is -0.187. The van der Waals surface area contributed by atoms with Gasteiger partial charge in [0.25, 0.3) is 0 Å². The molecule has 2 N–H and O–H groups in total. The maximum atomic E-state index is 12.9. The van der Waals surface area contributed by atoms with Crippen LogP contribution in [0.5, 0.6) is 0 Å². The molecule has 0 bridgehead atoms. The Hall–Kier alpha value is -1.98. The Morgan fingerprint density at radius 1 is 1.35 bits per heavy atom. The van der Waals surface area contributed by atoms with Gasteiger partial charge in [-0.2, -0.15) is 18.4 Å². The number of nitrogens with one attached hydrogen (secondary N) is 1. The molecule has 6 nitrogen and oxygen atoms in total. The highest BCUT2D eigenvalue weighted by Gasteiger charge is 2.53. The summed E-state index contributed by atoms with van der Waals surface area (Å²) in [5.74, 6) is -5.26. The number of carbonyl (C=O) groups excluding carboxylic acids is 1. The van der Waals surface area contributed by atoms with Gasteiger partial charge in [-0.3, -0.25) is 4.79 Å². The Labute approximate surface area is 132 Å². The highest BCUT2D eigenvalue weighted by molar-refractivity contribution is 5.77. The number of carboxylic acid groups (broad SMARTS) is 1. The lowest BCUT2D eigenvalue weighted by Gasteiger charge is -2.26. The third-order valence-electron chi connectivity index (χ3n) is 3.98. The summed E-state index contributed by atoms with van der Waals surface area (Å²) in [5, 5.41) is 20.0. The van der Waals surface area contributed by atoms with Crippen LogP contribution in [0.1, 0.15) is 26.7 Å². The molecule has 0 spiro atoms. The number of aliphatic carboxylic acids is 1. The van der Waals surface area contributed by atoms with Gasteiger partial charge in [0, 0.05) is 26.1 Å². The topological polar surface area (TPSA) is 93.4 Å². The van der Waals surface area contributed by atoms with E-state index >= 15 is 0 Å². The molecule has 0 aromatic rings. The fourth-order valence-electron chi connectivity index (χ4n) is 2.46. The Balaban J connectivity index is 2.65. The second-order valence-corrected chi connectivity index (χ2v) is 6.48. The van der Waals surface area contributed by atoms with Gasteiger partial charge in [-0.15, -0.1) is 0 Å². The van der Waals surface area contributed by atoms with Crippen LogP contribution >= 0.6 is 0 Å². The molecule has 2 amide bonds. The summed E-state index contributed by atoms with van der Waals surface area (Å²) in [6.45, 7) is 2.72. The minimum atomic E-state index is -4.66. The van der Waals surface area contributed by atoms with Crippen molar-refractivity contribution in [3.63, 3.8) is 0 Å². The van der Waals surface area contributed by atoms with Gasteiger partial charge in [0.15, 0.2) is 0 Å². The third kappa shape index (κ3) is 5.30. The molecule has 1 heterocycles. The predicted molar refractivity (Wildman–Crippen MR) is 74.3 cm³/mol. The smallest absolute Gasteiger partial charge is 0.394 e. The van der Waals surface area contributed by atoms with Crippen molar-refractivity contribution in [1.82, 2.24) is 10.2 Å². The quantitative estimate of drug-likeness (QED) is 0.805. The monoisotopic (exact) mass is 335 g/mol. The predicted octanol–water partition coefficient (Wildman–Crippen LogP) is 2.22. The van der Waals surface area contributed by atoms with Gasteiger partial charge in [-0.05, 0) is 11.8 Å². The lowest BCUT2D eigenvalue weighted by Crippen LogP contribution is -2.43. The van der Waals surface area contributed by atoms with E-state index in [0.717, 1.165) is 4.90 Å². The van der Waals surface area contributed by atoms with Crippen molar-refractivity contribution in [2.75, 3.05) is 19.6 Å². The van der Waals surface area contributed by atoms with Crippen LogP contribution < -0.4 is 5.32 Å². The Morgan fingerprint density at radius 2 is 1.96 bits per heavy atom. The standard InChI is InChI=1S/C14H20F3N3O3/c1-13(2,4-3-5-18)8-19-12(23)20-6-9(11(21)22)10(7-20)14(15,16)17/h9-10H,3-4,6-8H2,1-2H3,(H,19,23)(H,21,22)/t9-,10-/m1/s1. The molecule has 1 aliphatic rings. The molecule has 2 atom stereocenters. The van der Waals surface area contributed by atoms with Crippen LogP contribution in [0.25, 0.3) is 0 Å². The summed E-state index contributed by atoms with van der Waals surface area (Å²) in [6, 6.07) is 1.28. The zero-order chi connectivity index (χ0) is 17.8. The maximum absolute atomic E-state index is 12.9. The molecule has 0 aromatic heterocycles. The van der Waals surface area contributed by atoms with E-state index in [1.165, 1.54) is 0 Å². The fourth-order valence-corrected chi connectivity index (χ4v) is 2.46. The Bertz CT molecular complexity index is 500. The van der Waals surface area contributed by atoms with Crippen LogP contribution in [0, 0.1) is 28.6 Å². The number of carboxylic acids is 1. The van der Waals surface area contributed by atoms with Crippen LogP contribution in [0.4, 0.5) is 18.0 Å². The number of amides is 2. The Morgan fingerprint density at radius 3 is 2.39 bits per heavy atom. The van der Waals surface area contributed by atoms with Crippen LogP contribution in [-0.2, 0) is 4.79 Å². The molecule has 1 aliphatic heterocycles. The zero-order valence-corrected chi connectivity index (χ0v) is 13.0. The first-order chi connectivity index (χ1) is 10.5. The first-order valence-electron chi connectivity index (χ1n) is 7.17. The van der Waals surface area contributed by atoms with E-state index < -0.39 is 43.1 Å². The second-order valence-electron chi connectivity index (χ2n) is 6.48. The fraction of sp³-hybridized carbons (Fsp3) is 0.786. The second kappa shape index (κ2) is 7.06. The summed E-state index contributed by atoms with van der Waals surface area (Å²) >= 11 is 0. The van der Waals surface area contributed by atoms with E-state index in [4.69, 9.17) is 10.4 Å². The van der Waals surface area contributed by atoms with E-state index in [1.54, 1.807) is 0 Å². The van der Waals surface area contributed by atoms with Crippen LogP contribution in [0.15, 0.2) is 0 Å². The van der Waals surface area contributed by atoms with Gasteiger partial charge in [0.1, 0.15) is 0 Å². The van der Waals surface area contributed by atoms with Crippen molar-refractivity contribution >= 4 is 12.0 Å². The maximum Gasteiger partial charge on any atom is 0.394 e. The van der Waals surface area contributed by atoms with Crippen molar-refractivity contribution < 1.29 is 27.9 Å². The van der Waals surface area contributed by atoms with Crippen molar-refractivity contribution in [1.29, 1.82) is 5.26 Å². The number of carbonyl (C=O) groups is 2. The van der Waals surface area contributed by atoms with Gasteiger partial charge >= 0.3 is 18.2 Å². The summed E-state index contributed by atoms with van der Waals surface area (Å²) in [4.78, 5) is 23.9. The van der Waals surface area contributed by atoms with Crippen molar-refractivity contribution in [2.24, 2.45) is 17.3 Å². The van der Waals surface area contributed by atoms with Gasteiger partial charge < -0.3 is 15.3 Å².